The molecule has 16 nitrogen and oxygen atoms in total. The summed E-state index contributed by atoms with van der Waals surface area (Å²) in [6, 6.07) is 4.97. The Morgan fingerprint density at radius 2 is 1.78 bits per heavy atom. The van der Waals surface area contributed by atoms with Crippen molar-refractivity contribution in [3.05, 3.63) is 46.2 Å². The lowest BCUT2D eigenvalue weighted by Crippen LogP contribution is -2.35. The number of ether oxygens (including phenoxy) is 3. The molecule has 0 spiro atoms. The molecule has 0 atom stereocenters. The van der Waals surface area contributed by atoms with Gasteiger partial charge in [0, 0.05) is 43.3 Å². The molecule has 2 aliphatic rings. The number of pyridine rings is 1. The van der Waals surface area contributed by atoms with Crippen LogP contribution in [0, 0.1) is 0 Å². The van der Waals surface area contributed by atoms with E-state index in [0.717, 1.165) is 43.9 Å². The van der Waals surface area contributed by atoms with Crippen LogP contribution in [0.5, 0.6) is 5.88 Å². The number of morpholine rings is 2. The van der Waals surface area contributed by atoms with E-state index < -0.39 is 21.9 Å². The van der Waals surface area contributed by atoms with Crippen LogP contribution in [0.3, 0.4) is 0 Å². The van der Waals surface area contributed by atoms with Gasteiger partial charge in [0.2, 0.25) is 15.9 Å². The number of hydrogen-bond acceptors (Lipinski definition) is 13. The van der Waals surface area contributed by atoms with E-state index in [1.54, 1.807) is 18.2 Å². The van der Waals surface area contributed by atoms with Crippen LogP contribution in [0.15, 0.2) is 30.6 Å². The molecule has 1 amide bonds. The van der Waals surface area contributed by atoms with Crippen molar-refractivity contribution in [1.29, 1.82) is 0 Å². The fourth-order valence-electron chi connectivity index (χ4n) is 4.75. The van der Waals surface area contributed by atoms with Crippen LogP contribution in [0.4, 0.5) is 11.4 Å². The molecule has 0 saturated carbocycles. The highest BCUT2D eigenvalue weighted by Gasteiger charge is 2.25. The first kappa shape index (κ1) is 33.2. The van der Waals surface area contributed by atoms with Crippen LogP contribution >= 0.6 is 11.3 Å². The molecule has 0 bridgehead atoms. The van der Waals surface area contributed by atoms with Crippen molar-refractivity contribution < 1.29 is 37.3 Å². The predicted octanol–water partition coefficient (Wildman–Crippen LogP) is 1.85. The van der Waals surface area contributed by atoms with Gasteiger partial charge in [0.1, 0.15) is 15.6 Å². The van der Waals surface area contributed by atoms with E-state index in [-0.39, 0.29) is 22.1 Å². The maximum absolute atomic E-state index is 13.4. The van der Waals surface area contributed by atoms with Crippen LogP contribution in [-0.4, -0.2) is 116 Å². The Morgan fingerprint density at radius 3 is 2.41 bits per heavy atom. The fourth-order valence-corrected chi connectivity index (χ4v) is 6.23. The average Bonchev–Trinajstić information content (AvgIpc) is 3.70. The van der Waals surface area contributed by atoms with Gasteiger partial charge in [-0.3, -0.25) is 19.5 Å². The number of hydrogen-bond donors (Lipinski definition) is 5. The molecule has 1 aromatic carbocycles. The summed E-state index contributed by atoms with van der Waals surface area (Å²) in [6.45, 7) is 6.79. The number of aromatic nitrogens is 4. The number of nitrogens with zero attached hydrogens (tertiary/aromatic N) is 4. The van der Waals surface area contributed by atoms with Crippen molar-refractivity contribution in [2.75, 3.05) is 76.0 Å². The first-order valence-electron chi connectivity index (χ1n) is 14.2. The molecule has 3 aromatic heterocycles. The molecule has 0 radical (unpaired) electrons. The molecule has 0 unspecified atom stereocenters. The summed E-state index contributed by atoms with van der Waals surface area (Å²) in [5.74, 6) is -1.84. The van der Waals surface area contributed by atoms with Crippen molar-refractivity contribution >= 4 is 55.5 Å². The smallest absolute Gasteiger partial charge is 0.348 e. The molecule has 2 aliphatic heterocycles. The lowest BCUT2D eigenvalue weighted by Gasteiger charge is -2.25. The number of aromatic carboxylic acids is 1. The zero-order chi connectivity index (χ0) is 32.7. The Balaban J connectivity index is 0.000000624. The monoisotopic (exact) mass is 674 g/mol. The molecule has 18 heteroatoms. The van der Waals surface area contributed by atoms with Gasteiger partial charge in [-0.05, 0) is 23.8 Å². The van der Waals surface area contributed by atoms with Crippen molar-refractivity contribution in [3.8, 4) is 17.0 Å². The second kappa shape index (κ2) is 14.9. The molecular formula is C28H34N8O8S2. The molecule has 5 heterocycles. The topological polar surface area (TPSA) is 210 Å². The normalized spacial score (nSPS) is 15.5. The van der Waals surface area contributed by atoms with Crippen LogP contribution in [-0.2, 0) is 26.0 Å². The van der Waals surface area contributed by atoms with E-state index in [4.69, 9.17) is 14.2 Å². The number of carboxylic acid groups (broad SMARTS) is 1. The second-order valence-corrected chi connectivity index (χ2v) is 13.1. The third-order valence-corrected chi connectivity index (χ3v) is 8.49. The van der Waals surface area contributed by atoms with Gasteiger partial charge >= 0.3 is 5.97 Å². The summed E-state index contributed by atoms with van der Waals surface area (Å²) in [6.07, 6.45) is 4.04. The number of carbonyl (C=O) groups is 2. The number of rotatable bonds is 9. The lowest BCUT2D eigenvalue weighted by atomic mass is 10.0. The van der Waals surface area contributed by atoms with E-state index in [1.807, 2.05) is 0 Å². The van der Waals surface area contributed by atoms with Gasteiger partial charge < -0.3 is 30.0 Å². The Kier molecular flexibility index (Phi) is 10.8. The number of H-pyrrole nitrogens is 1. The summed E-state index contributed by atoms with van der Waals surface area (Å²) in [5.41, 5.74) is 1.97. The van der Waals surface area contributed by atoms with E-state index >= 15 is 0 Å². The van der Waals surface area contributed by atoms with Crippen LogP contribution < -0.4 is 20.1 Å². The first-order valence-corrected chi connectivity index (χ1v) is 16.9. The average molecular weight is 675 g/mol. The van der Waals surface area contributed by atoms with Crippen LogP contribution in [0.2, 0.25) is 0 Å². The SMILES string of the molecule is C1COCCN1.COc1ncc(-c2cc(NC(=O)c3nc(CN4CCOCC4)sc3C(=O)O)c3cn[nH]c3c2)cc1NS(C)(=O)=O. The standard InChI is InChI=1S/C24H25N7O7S2.C4H9NO/c1-37-23-18(30-40(2,35)36)9-14(10-25-23)13-7-16(15-11-26-29-17(15)8-13)27-22(32)20-21(24(33)34)39-19(28-20)12-31-3-5-38-6-4-31;1-3-6-4-2-5-1/h7-11,30H,3-6,12H2,1-2H3,(H,26,29)(H,27,32)(H,33,34);5H,1-4H2. The van der Waals surface area contributed by atoms with Gasteiger partial charge in [-0.2, -0.15) is 5.10 Å². The van der Waals surface area contributed by atoms with Crippen LogP contribution in [0.1, 0.15) is 25.2 Å². The number of methoxy groups -OCH3 is 1. The van der Waals surface area contributed by atoms with E-state index in [1.165, 1.54) is 19.5 Å². The molecule has 5 N–H and O–H groups in total. The number of benzene rings is 1. The Hall–Kier alpha value is -4.20. The number of aromatic amines is 1. The van der Waals surface area contributed by atoms with Crippen molar-refractivity contribution in [3.63, 3.8) is 0 Å². The Bertz CT molecular complexity index is 1790. The maximum atomic E-state index is 13.4. The number of sulfonamides is 1. The third kappa shape index (κ3) is 8.53. The number of anilines is 2. The number of amides is 1. The molecule has 0 aliphatic carbocycles. The van der Waals surface area contributed by atoms with Crippen molar-refractivity contribution in [2.45, 2.75) is 6.54 Å². The lowest BCUT2D eigenvalue weighted by molar-refractivity contribution is 0.0341. The van der Waals surface area contributed by atoms with Gasteiger partial charge in [-0.25, -0.2) is 23.2 Å². The highest BCUT2D eigenvalue weighted by Crippen LogP contribution is 2.34. The van der Waals surface area contributed by atoms with Gasteiger partial charge in [0.15, 0.2) is 5.69 Å². The summed E-state index contributed by atoms with van der Waals surface area (Å²) in [4.78, 5) is 35.8. The fraction of sp³-hybridized carbons (Fsp3) is 0.393. The number of nitrogens with one attached hydrogen (secondary N) is 4. The van der Waals surface area contributed by atoms with Crippen molar-refractivity contribution in [2.24, 2.45) is 0 Å². The zero-order valence-electron chi connectivity index (χ0n) is 25.2. The molecule has 246 valence electrons. The summed E-state index contributed by atoms with van der Waals surface area (Å²) < 4.78 is 41.6. The van der Waals surface area contributed by atoms with Crippen LogP contribution in [0.25, 0.3) is 22.0 Å². The first-order chi connectivity index (χ1) is 22.1. The third-order valence-electron chi connectivity index (χ3n) is 6.87. The summed E-state index contributed by atoms with van der Waals surface area (Å²) in [5, 5.41) is 23.7. The molecule has 46 heavy (non-hydrogen) atoms. The van der Waals surface area contributed by atoms with E-state index in [2.05, 4.69) is 40.4 Å². The van der Waals surface area contributed by atoms with E-state index in [0.29, 0.717) is 65.6 Å². The minimum atomic E-state index is -3.61. The molecule has 2 fully saturated rings. The quantitative estimate of drug-likeness (QED) is 0.172. The van der Waals surface area contributed by atoms with Gasteiger partial charge in [-0.1, -0.05) is 0 Å². The largest absolute Gasteiger partial charge is 0.480 e. The van der Waals surface area contributed by atoms with Gasteiger partial charge in [0.05, 0.1) is 63.7 Å². The molecule has 6 rings (SSSR count). The Labute approximate surface area is 268 Å². The number of fused-ring (bicyclic) bond motifs is 1. The highest BCUT2D eigenvalue weighted by atomic mass is 32.2. The van der Waals surface area contributed by atoms with Gasteiger partial charge in [-0.15, -0.1) is 11.3 Å². The zero-order valence-corrected chi connectivity index (χ0v) is 26.8. The summed E-state index contributed by atoms with van der Waals surface area (Å²) in [7, 11) is -2.24. The van der Waals surface area contributed by atoms with E-state index in [9.17, 15) is 23.1 Å². The second-order valence-electron chi connectivity index (χ2n) is 10.3. The maximum Gasteiger partial charge on any atom is 0.348 e. The molecule has 4 aromatic rings. The minimum absolute atomic E-state index is 0.0861. The van der Waals surface area contributed by atoms with Gasteiger partial charge in [0.25, 0.3) is 5.91 Å². The number of carbonyl (C=O) groups excluding carboxylic acids is 1. The highest BCUT2D eigenvalue weighted by molar-refractivity contribution is 7.92. The summed E-state index contributed by atoms with van der Waals surface area (Å²) >= 11 is 0.966. The number of carboxylic acids is 1. The van der Waals surface area contributed by atoms with Crippen molar-refractivity contribution in [1.82, 2.24) is 30.4 Å². The predicted molar refractivity (Wildman–Crippen MR) is 171 cm³/mol. The number of thiazole rings is 1. The minimum Gasteiger partial charge on any atom is -0.480 e. The molecular weight excluding hydrogens is 640 g/mol. The molecule has 2 saturated heterocycles. The Morgan fingerprint density at radius 1 is 1.07 bits per heavy atom.